The van der Waals surface area contributed by atoms with E-state index < -0.39 is 0 Å². The summed E-state index contributed by atoms with van der Waals surface area (Å²) < 4.78 is 0. The fraction of sp³-hybridized carbons (Fsp3) is 0.182. The van der Waals surface area contributed by atoms with E-state index in [0.29, 0.717) is 16.8 Å². The number of nitrogens with two attached hydrogens (primary N) is 1. The van der Waals surface area contributed by atoms with E-state index in [9.17, 15) is 0 Å². The molecule has 0 aromatic heterocycles. The number of hydrogen-bond donors (Lipinski definition) is 1. The summed E-state index contributed by atoms with van der Waals surface area (Å²) in [5.41, 5.74) is 7.29. The molecule has 70 valence electrons. The van der Waals surface area contributed by atoms with Crippen molar-refractivity contribution in [2.45, 2.75) is 6.42 Å². The van der Waals surface area contributed by atoms with Gasteiger partial charge in [-0.2, -0.15) is 5.26 Å². The van der Waals surface area contributed by atoms with E-state index in [1.807, 2.05) is 0 Å². The third kappa shape index (κ3) is 2.52. The van der Waals surface area contributed by atoms with E-state index in [4.69, 9.17) is 11.0 Å². The van der Waals surface area contributed by atoms with Crippen LogP contribution in [0.2, 0.25) is 0 Å². The molecule has 0 unspecified atom stereocenters. The van der Waals surface area contributed by atoms with Gasteiger partial charge in [-0.05, 0) is 12.1 Å². The number of hydrogen-bond acceptors (Lipinski definition) is 2. The van der Waals surface area contributed by atoms with Crippen LogP contribution >= 0.6 is 15.9 Å². The quantitative estimate of drug-likeness (QED) is 0.471. The smallest absolute Gasteiger partial charge is 0.103 e. The molecule has 0 saturated carbocycles. The van der Waals surface area contributed by atoms with Gasteiger partial charge in [-0.25, -0.2) is 0 Å². The van der Waals surface area contributed by atoms with E-state index in [1.165, 1.54) is 0 Å². The van der Waals surface area contributed by atoms with E-state index in [2.05, 4.69) is 33.8 Å². The predicted molar refractivity (Wildman–Crippen MR) is 60.9 cm³/mol. The van der Waals surface area contributed by atoms with Gasteiger partial charge in [-0.1, -0.05) is 33.8 Å². The van der Waals surface area contributed by atoms with Gasteiger partial charge >= 0.3 is 0 Å². The third-order valence-electron chi connectivity index (χ3n) is 1.65. The van der Waals surface area contributed by atoms with Crippen molar-refractivity contribution in [3.63, 3.8) is 0 Å². The maximum Gasteiger partial charge on any atom is 0.103 e. The molecule has 1 rings (SSSR count). The Balaban J connectivity index is 3.06. The number of alkyl halides is 1. The van der Waals surface area contributed by atoms with E-state index >= 15 is 0 Å². The number of benzene rings is 1. The first-order valence-electron chi connectivity index (χ1n) is 4.13. The molecule has 0 aliphatic heterocycles. The van der Waals surface area contributed by atoms with Crippen molar-refractivity contribution in [2.24, 2.45) is 0 Å². The number of rotatable bonds is 1. The monoisotopic (exact) mass is 248 g/mol. The zero-order valence-corrected chi connectivity index (χ0v) is 9.13. The van der Waals surface area contributed by atoms with Crippen LogP contribution in [0.25, 0.3) is 0 Å². The van der Waals surface area contributed by atoms with Crippen LogP contribution < -0.4 is 5.73 Å². The molecule has 0 aliphatic carbocycles. The Hall–Kier alpha value is -1.45. The molecule has 1 aromatic carbocycles. The Morgan fingerprint density at radius 1 is 1.43 bits per heavy atom. The molecule has 2 nitrogen and oxygen atoms in total. The molecular formula is C11H9BrN2. The van der Waals surface area contributed by atoms with E-state index in [0.717, 1.165) is 11.8 Å². The summed E-state index contributed by atoms with van der Waals surface area (Å²) in [6, 6.07) is 7.36. The van der Waals surface area contributed by atoms with Crippen molar-refractivity contribution in [1.29, 1.82) is 5.26 Å². The second-order valence-corrected chi connectivity index (χ2v) is 3.42. The lowest BCUT2D eigenvalue weighted by Gasteiger charge is -1.98. The van der Waals surface area contributed by atoms with E-state index in [1.54, 1.807) is 18.2 Å². The molecular weight excluding hydrogens is 240 g/mol. The lowest BCUT2D eigenvalue weighted by Crippen LogP contribution is -1.92. The molecule has 0 fully saturated rings. The summed E-state index contributed by atoms with van der Waals surface area (Å²) in [6.45, 7) is 0. The fourth-order valence-electron chi connectivity index (χ4n) is 1.00. The van der Waals surface area contributed by atoms with Gasteiger partial charge in [0.05, 0.1) is 11.3 Å². The first-order valence-corrected chi connectivity index (χ1v) is 5.25. The Bertz CT molecular complexity index is 421. The highest BCUT2D eigenvalue weighted by Gasteiger charge is 2.01. The summed E-state index contributed by atoms with van der Waals surface area (Å²) in [5, 5.41) is 9.69. The molecule has 0 saturated heterocycles. The Morgan fingerprint density at radius 3 is 2.86 bits per heavy atom. The summed E-state index contributed by atoms with van der Waals surface area (Å²) in [4.78, 5) is 0. The minimum Gasteiger partial charge on any atom is -0.398 e. The maximum atomic E-state index is 8.85. The SMILES string of the molecule is N#Cc1c(N)cccc1C#CCCBr. The van der Waals surface area contributed by atoms with Gasteiger partial charge in [0, 0.05) is 17.3 Å². The van der Waals surface area contributed by atoms with Gasteiger partial charge in [0.1, 0.15) is 6.07 Å². The third-order valence-corrected chi connectivity index (χ3v) is 2.05. The first kappa shape index (κ1) is 10.6. The molecule has 0 bridgehead atoms. The average Bonchev–Trinajstić information content (AvgIpc) is 2.18. The largest absolute Gasteiger partial charge is 0.398 e. The molecule has 0 aliphatic rings. The average molecular weight is 249 g/mol. The normalized spacial score (nSPS) is 8.57. The lowest BCUT2D eigenvalue weighted by atomic mass is 10.1. The second kappa shape index (κ2) is 5.32. The van der Waals surface area contributed by atoms with Gasteiger partial charge in [0.15, 0.2) is 0 Å². The highest BCUT2D eigenvalue weighted by Crippen LogP contribution is 2.14. The molecule has 0 radical (unpaired) electrons. The van der Waals surface area contributed by atoms with Crippen LogP contribution in [0.4, 0.5) is 5.69 Å². The zero-order chi connectivity index (χ0) is 10.4. The lowest BCUT2D eigenvalue weighted by molar-refractivity contribution is 1.32. The Labute approximate surface area is 91.9 Å². The zero-order valence-electron chi connectivity index (χ0n) is 7.55. The maximum absolute atomic E-state index is 8.85. The molecule has 3 heteroatoms. The molecule has 0 amide bonds. The number of anilines is 1. The second-order valence-electron chi connectivity index (χ2n) is 2.62. The van der Waals surface area contributed by atoms with Crippen LogP contribution in [0.3, 0.4) is 0 Å². The number of nitrogen functional groups attached to an aromatic ring is 1. The van der Waals surface area contributed by atoms with Gasteiger partial charge in [-0.15, -0.1) is 0 Å². The molecule has 1 aromatic rings. The Morgan fingerprint density at radius 2 is 2.21 bits per heavy atom. The van der Waals surface area contributed by atoms with Crippen molar-refractivity contribution in [3.05, 3.63) is 29.3 Å². The molecule has 0 heterocycles. The fourth-order valence-corrected chi connectivity index (χ4v) is 1.20. The molecule has 0 atom stereocenters. The Kier molecular flexibility index (Phi) is 4.04. The van der Waals surface area contributed by atoms with Crippen LogP contribution in [0.15, 0.2) is 18.2 Å². The first-order chi connectivity index (χ1) is 6.79. The van der Waals surface area contributed by atoms with Crippen LogP contribution in [0.5, 0.6) is 0 Å². The van der Waals surface area contributed by atoms with Crippen molar-refractivity contribution < 1.29 is 0 Å². The standard InChI is InChI=1S/C11H9BrN2/c12-7-2-1-4-9-5-3-6-11(14)10(9)8-13/h3,5-6H,2,7,14H2. The van der Waals surface area contributed by atoms with Crippen LogP contribution in [0, 0.1) is 23.2 Å². The molecule has 14 heavy (non-hydrogen) atoms. The van der Waals surface area contributed by atoms with Crippen molar-refractivity contribution in [3.8, 4) is 17.9 Å². The van der Waals surface area contributed by atoms with Gasteiger partial charge in [0.25, 0.3) is 0 Å². The van der Waals surface area contributed by atoms with Gasteiger partial charge in [0.2, 0.25) is 0 Å². The highest BCUT2D eigenvalue weighted by atomic mass is 79.9. The van der Waals surface area contributed by atoms with Crippen molar-refractivity contribution in [1.82, 2.24) is 0 Å². The summed E-state index contributed by atoms with van der Waals surface area (Å²) in [6.07, 6.45) is 0.764. The van der Waals surface area contributed by atoms with Gasteiger partial charge in [-0.3, -0.25) is 0 Å². The molecule has 2 N–H and O–H groups in total. The summed E-state index contributed by atoms with van der Waals surface area (Å²) in [7, 11) is 0. The van der Waals surface area contributed by atoms with Crippen LogP contribution in [-0.2, 0) is 0 Å². The van der Waals surface area contributed by atoms with Crippen LogP contribution in [0.1, 0.15) is 17.5 Å². The minimum absolute atomic E-state index is 0.467. The topological polar surface area (TPSA) is 49.8 Å². The van der Waals surface area contributed by atoms with E-state index in [-0.39, 0.29) is 0 Å². The summed E-state index contributed by atoms with van der Waals surface area (Å²) >= 11 is 3.28. The van der Waals surface area contributed by atoms with Crippen LogP contribution in [-0.4, -0.2) is 5.33 Å². The minimum atomic E-state index is 0.467. The number of halogens is 1. The summed E-state index contributed by atoms with van der Waals surface area (Å²) in [5.74, 6) is 5.87. The number of nitriles is 1. The highest BCUT2D eigenvalue weighted by molar-refractivity contribution is 9.09. The van der Waals surface area contributed by atoms with Crippen molar-refractivity contribution >= 4 is 21.6 Å². The molecule has 0 spiro atoms. The van der Waals surface area contributed by atoms with Crippen molar-refractivity contribution in [2.75, 3.05) is 11.1 Å². The van der Waals surface area contributed by atoms with Gasteiger partial charge < -0.3 is 5.73 Å². The predicted octanol–water partition coefficient (Wildman–Crippen LogP) is 2.28. The number of nitrogens with zero attached hydrogens (tertiary/aromatic N) is 1.